The van der Waals surface area contributed by atoms with Crippen molar-refractivity contribution in [1.29, 1.82) is 0 Å². The van der Waals surface area contributed by atoms with Crippen LogP contribution in [0, 0.1) is 11.6 Å². The Morgan fingerprint density at radius 3 is 1.58 bits per heavy atom. The van der Waals surface area contributed by atoms with E-state index in [1.165, 1.54) is 23.1 Å². The van der Waals surface area contributed by atoms with Crippen LogP contribution in [0.3, 0.4) is 0 Å². The third-order valence-electron chi connectivity index (χ3n) is 8.23. The number of fused-ring (bicyclic) bond motifs is 2. The van der Waals surface area contributed by atoms with Crippen molar-refractivity contribution in [3.05, 3.63) is 99.0 Å². The first-order valence-corrected chi connectivity index (χ1v) is 16.5. The van der Waals surface area contributed by atoms with Gasteiger partial charge in [0.05, 0.1) is 27.3 Å². The third-order valence-corrected chi connectivity index (χ3v) is 8.59. The average Bonchev–Trinajstić information content (AvgIpc) is 3.15. The predicted octanol–water partition coefficient (Wildman–Crippen LogP) is 2.72. The number of rotatable bonds is 9. The van der Waals surface area contributed by atoms with E-state index in [9.17, 15) is 23.4 Å². The van der Waals surface area contributed by atoms with E-state index < -0.39 is 19.4 Å². The second-order valence-corrected chi connectivity index (χ2v) is 11.8. The Morgan fingerprint density at radius 2 is 1.19 bits per heavy atom. The maximum atomic E-state index is 13.6. The summed E-state index contributed by atoms with van der Waals surface area (Å²) in [7, 11) is -1.00. The predicted molar refractivity (Wildman–Crippen MR) is 195 cm³/mol. The van der Waals surface area contributed by atoms with Gasteiger partial charge >= 0.3 is 29.6 Å². The summed E-state index contributed by atoms with van der Waals surface area (Å²) in [6.07, 6.45) is 2.36. The Bertz CT molecular complexity index is 1780. The number of aliphatic hydroxyl groups is 2. The van der Waals surface area contributed by atoms with Gasteiger partial charge in [0.25, 0.3) is 0 Å². The van der Waals surface area contributed by atoms with E-state index in [0.29, 0.717) is 13.1 Å². The van der Waals surface area contributed by atoms with Gasteiger partial charge in [0.15, 0.2) is 0 Å². The number of piperazine rings is 2. The van der Waals surface area contributed by atoms with Crippen molar-refractivity contribution in [2.45, 2.75) is 12.2 Å². The number of β-amino-alcohol motifs (C(OH)–C–C–N with tert-alkyl or cyclic N) is 2. The molecule has 2 unspecified atom stereocenters. The van der Waals surface area contributed by atoms with Crippen LogP contribution in [0.2, 0.25) is 0 Å². The van der Waals surface area contributed by atoms with Gasteiger partial charge < -0.3 is 31.1 Å². The van der Waals surface area contributed by atoms with Crippen LogP contribution >= 0.6 is 11.6 Å². The Kier molecular flexibility index (Phi) is 19.6. The molecule has 0 radical (unpaired) electrons. The first-order chi connectivity index (χ1) is 25.2. The molecule has 0 aliphatic carbocycles. The standard InChI is InChI=1S/C16H19ClFN3O.C16H19FN6O.CH3F.N3.Na/c17-10-14(22)11-20-5-7-21(8-6-20)16-15-9-13(18)2-1-12(15)3-4-19-16;17-13-2-1-12-3-4-19-16(15(12)9-13)23-7-5-22(6-8-23)11-14(24)10-20-21-18;1-2;1-3-2;/h1-4,9,14,22H,5-8,10-11H2;1-4,9,14,24H,5-8,10-11H2;1H3;;/q;;;-1;+1/i;;1D;;. The summed E-state index contributed by atoms with van der Waals surface area (Å²) < 4.78 is 42.6. The third kappa shape index (κ3) is 13.4. The molecule has 14 nitrogen and oxygen atoms in total. The van der Waals surface area contributed by atoms with Gasteiger partial charge in [0.1, 0.15) is 23.3 Å². The van der Waals surface area contributed by atoms with Crippen molar-refractivity contribution in [2.24, 2.45) is 5.11 Å². The van der Waals surface area contributed by atoms with Crippen LogP contribution in [0.5, 0.6) is 0 Å². The van der Waals surface area contributed by atoms with Crippen LogP contribution < -0.4 is 39.4 Å². The molecule has 4 aromatic rings. The van der Waals surface area contributed by atoms with Crippen LogP contribution in [0.1, 0.15) is 1.37 Å². The second-order valence-electron chi connectivity index (χ2n) is 11.5. The fraction of sp³-hybridized carbons (Fsp3) is 0.455. The van der Waals surface area contributed by atoms with Crippen LogP contribution in [-0.4, -0.2) is 127 Å². The quantitative estimate of drug-likeness (QED) is 0.0859. The van der Waals surface area contributed by atoms with E-state index in [1.807, 2.05) is 12.1 Å². The molecule has 0 saturated carbocycles. The second kappa shape index (κ2) is 23.9. The number of benzene rings is 2. The smallest absolute Gasteiger partial charge is 0.392 e. The van der Waals surface area contributed by atoms with E-state index in [1.54, 1.807) is 30.6 Å². The molecule has 2 atom stereocenters. The number of aliphatic hydroxyl groups excluding tert-OH is 2. The van der Waals surface area contributed by atoms with E-state index >= 15 is 0 Å². The Morgan fingerprint density at radius 1 is 0.788 bits per heavy atom. The molecule has 0 spiro atoms. The Labute approximate surface area is 328 Å². The molecular formula is C33H41ClF3N12NaO2. The molecule has 4 heterocycles. The molecule has 0 bridgehead atoms. The normalized spacial score (nSPS) is 15.8. The van der Waals surface area contributed by atoms with Gasteiger partial charge in [-0.1, -0.05) is 17.2 Å². The van der Waals surface area contributed by atoms with Crippen molar-refractivity contribution in [3.8, 4) is 0 Å². The maximum Gasteiger partial charge on any atom is 1.00 e. The molecule has 6 rings (SSSR count). The minimum Gasteiger partial charge on any atom is -0.392 e. The molecule has 2 N–H and O–H groups in total. The summed E-state index contributed by atoms with van der Waals surface area (Å²) in [5.74, 6) is 1.36. The zero-order chi connectivity index (χ0) is 37.9. The number of anilines is 2. The maximum absolute atomic E-state index is 13.6. The van der Waals surface area contributed by atoms with Crippen molar-refractivity contribution >= 4 is 44.8 Å². The molecule has 2 aliphatic heterocycles. The Hall–Kier alpha value is -3.60. The van der Waals surface area contributed by atoms with Crippen molar-refractivity contribution in [1.82, 2.24) is 19.8 Å². The minimum absolute atomic E-state index is 0. The molecular weight excluding hydrogens is 712 g/mol. The van der Waals surface area contributed by atoms with Crippen LogP contribution in [0.4, 0.5) is 24.8 Å². The van der Waals surface area contributed by atoms with Crippen LogP contribution in [-0.2, 0) is 0 Å². The number of pyridine rings is 2. The monoisotopic (exact) mass is 753 g/mol. The van der Waals surface area contributed by atoms with Gasteiger partial charge in [-0.25, -0.2) is 18.7 Å². The zero-order valence-electron chi connectivity index (χ0n) is 29.9. The molecule has 0 amide bonds. The molecule has 2 aromatic carbocycles. The van der Waals surface area contributed by atoms with Crippen molar-refractivity contribution < 1.29 is 54.3 Å². The summed E-state index contributed by atoms with van der Waals surface area (Å²) in [5.41, 5.74) is 21.8. The number of aromatic nitrogens is 2. The molecule has 2 saturated heterocycles. The fourth-order valence-corrected chi connectivity index (χ4v) is 5.97. The van der Waals surface area contributed by atoms with Gasteiger partial charge in [0, 0.05) is 99.4 Å². The van der Waals surface area contributed by atoms with E-state index in [0.717, 1.165) is 85.5 Å². The van der Waals surface area contributed by atoms with Crippen LogP contribution in [0.15, 0.2) is 66.0 Å². The van der Waals surface area contributed by atoms with Gasteiger partial charge in [-0.3, -0.25) is 19.1 Å². The number of halogens is 4. The van der Waals surface area contributed by atoms with Gasteiger partial charge in [0.2, 0.25) is 0 Å². The molecule has 274 valence electrons. The summed E-state index contributed by atoms with van der Waals surface area (Å²) in [4.78, 5) is 21.7. The first kappa shape index (κ1) is 42.8. The molecule has 19 heteroatoms. The largest absolute Gasteiger partial charge is 1.00 e. The fourth-order valence-electron chi connectivity index (χ4n) is 5.87. The van der Waals surface area contributed by atoms with Gasteiger partial charge in [-0.05, 0) is 52.7 Å². The first-order valence-electron chi connectivity index (χ1n) is 16.7. The summed E-state index contributed by atoms with van der Waals surface area (Å²) >= 11 is 5.64. The SMILES string of the molecule is OC(CCl)CN1CCN(c2nccc3ccc(F)cc23)CC1.[2H]CF.[N-]=[N+]=NCC(O)CN1CCN(c2nccc3ccc(F)cc23)CC1.[N-]=[N+]=[N-].[Na+]. The summed E-state index contributed by atoms with van der Waals surface area (Å²) in [6.45, 7) is 7.45. The Balaban J connectivity index is 0.000000315. The molecule has 2 aromatic heterocycles. The minimum atomic E-state index is -1.00. The summed E-state index contributed by atoms with van der Waals surface area (Å²) in [5, 5.41) is 26.4. The van der Waals surface area contributed by atoms with Gasteiger partial charge in [-0.15, -0.1) is 11.6 Å². The van der Waals surface area contributed by atoms with E-state index in [-0.39, 0.29) is 53.6 Å². The van der Waals surface area contributed by atoms with E-state index in [4.69, 9.17) is 29.6 Å². The van der Waals surface area contributed by atoms with Crippen molar-refractivity contribution in [3.63, 3.8) is 0 Å². The number of nitrogens with zero attached hydrogens (tertiary/aromatic N) is 12. The molecule has 2 aliphatic rings. The number of hydrogen-bond acceptors (Lipinski definition) is 9. The van der Waals surface area contributed by atoms with Gasteiger partial charge in [-0.2, -0.15) is 0 Å². The summed E-state index contributed by atoms with van der Waals surface area (Å²) in [6, 6.07) is 13.3. The number of azide groups is 1. The zero-order valence-corrected chi connectivity index (χ0v) is 31.6. The number of alkyl halides is 2. The van der Waals surface area contributed by atoms with Crippen molar-refractivity contribution in [2.75, 3.05) is 94.8 Å². The molecule has 52 heavy (non-hydrogen) atoms. The van der Waals surface area contributed by atoms with Crippen LogP contribution in [0.25, 0.3) is 48.0 Å². The topological polar surface area (TPSA) is 187 Å². The van der Waals surface area contributed by atoms with E-state index in [2.05, 4.69) is 39.6 Å². The molecule has 2 fully saturated rings. The number of hydrogen-bond donors (Lipinski definition) is 2. The average molecular weight is 754 g/mol.